The maximum atomic E-state index is 10.2. The summed E-state index contributed by atoms with van der Waals surface area (Å²) in [6.45, 7) is 12.6. The lowest BCUT2D eigenvalue weighted by molar-refractivity contribution is -0.0573. The van der Waals surface area contributed by atoms with Crippen LogP contribution in [0, 0.1) is 46.3 Å². The molecule has 0 aromatic rings. The molecule has 0 radical (unpaired) electrons. The fourth-order valence-corrected chi connectivity index (χ4v) is 8.67. The quantitative estimate of drug-likeness (QED) is 0.488. The van der Waals surface area contributed by atoms with Gasteiger partial charge in [0, 0.05) is 0 Å². The largest absolute Gasteiger partial charge is 0.393 e. The van der Waals surface area contributed by atoms with Crippen LogP contribution in [-0.2, 0) is 0 Å². The molecule has 160 valence electrons. The van der Waals surface area contributed by atoms with Crippen LogP contribution in [0.4, 0.5) is 0 Å². The molecule has 0 aromatic carbocycles. The standard InChI is InChI=1S/C27H46O/c1-18(2)7-6-8-19(3)23-11-12-24-22-10-9-20-17-21(28)13-15-26(20,4)25(22)14-16-27(23,24)5/h9,18-19,21-25,28H,6-8,10-17H2,1-5H3/t19-,21+,22+,23-,24-,25-,26+,27-/m1/s1. The van der Waals surface area contributed by atoms with E-state index in [0.717, 1.165) is 48.3 Å². The minimum atomic E-state index is -0.0766. The van der Waals surface area contributed by atoms with Gasteiger partial charge in [0.2, 0.25) is 0 Å². The Morgan fingerprint density at radius 3 is 2.54 bits per heavy atom. The number of fused-ring (bicyclic) bond motifs is 5. The molecule has 0 aromatic heterocycles. The second-order valence-corrected chi connectivity index (χ2v) is 12.2. The Morgan fingerprint density at radius 2 is 1.79 bits per heavy atom. The van der Waals surface area contributed by atoms with E-state index in [2.05, 4.69) is 40.7 Å². The first-order valence-corrected chi connectivity index (χ1v) is 12.6. The molecule has 4 aliphatic rings. The van der Waals surface area contributed by atoms with Crippen molar-refractivity contribution in [1.29, 1.82) is 0 Å². The van der Waals surface area contributed by atoms with Crippen molar-refractivity contribution in [3.05, 3.63) is 11.6 Å². The molecule has 4 rings (SSSR count). The van der Waals surface area contributed by atoms with Gasteiger partial charge in [-0.15, -0.1) is 0 Å². The Morgan fingerprint density at radius 1 is 1.00 bits per heavy atom. The Kier molecular flexibility index (Phi) is 5.80. The van der Waals surface area contributed by atoms with Crippen molar-refractivity contribution in [3.8, 4) is 0 Å². The van der Waals surface area contributed by atoms with Crippen LogP contribution >= 0.6 is 0 Å². The molecule has 0 heterocycles. The third-order valence-electron chi connectivity index (χ3n) is 10.3. The summed E-state index contributed by atoms with van der Waals surface area (Å²) in [5.74, 6) is 5.46. The lowest BCUT2D eigenvalue weighted by Gasteiger charge is -2.58. The molecule has 28 heavy (non-hydrogen) atoms. The highest BCUT2D eigenvalue weighted by Gasteiger charge is 2.59. The summed E-state index contributed by atoms with van der Waals surface area (Å²) in [5, 5.41) is 10.2. The van der Waals surface area contributed by atoms with Gasteiger partial charge in [0.1, 0.15) is 0 Å². The van der Waals surface area contributed by atoms with E-state index in [1.165, 1.54) is 57.8 Å². The van der Waals surface area contributed by atoms with E-state index < -0.39 is 0 Å². The average Bonchev–Trinajstić information content (AvgIpc) is 2.99. The Bertz CT molecular complexity index is 591. The third kappa shape index (κ3) is 3.42. The Labute approximate surface area is 174 Å². The predicted molar refractivity (Wildman–Crippen MR) is 119 cm³/mol. The van der Waals surface area contributed by atoms with Gasteiger partial charge < -0.3 is 5.11 Å². The Hall–Kier alpha value is -0.300. The summed E-state index contributed by atoms with van der Waals surface area (Å²) in [5.41, 5.74) is 2.60. The summed E-state index contributed by atoms with van der Waals surface area (Å²) in [6, 6.07) is 0. The third-order valence-corrected chi connectivity index (χ3v) is 10.3. The van der Waals surface area contributed by atoms with Gasteiger partial charge in [-0.25, -0.2) is 0 Å². The van der Waals surface area contributed by atoms with E-state index in [0.29, 0.717) is 10.8 Å². The van der Waals surface area contributed by atoms with Gasteiger partial charge in [-0.1, -0.05) is 65.5 Å². The number of hydrogen-bond donors (Lipinski definition) is 1. The zero-order valence-electron chi connectivity index (χ0n) is 19.3. The smallest absolute Gasteiger partial charge is 0.0577 e. The molecule has 4 aliphatic carbocycles. The fraction of sp³-hybridized carbons (Fsp3) is 0.926. The van der Waals surface area contributed by atoms with Gasteiger partial charge in [0.15, 0.2) is 0 Å². The molecule has 3 saturated carbocycles. The van der Waals surface area contributed by atoms with Crippen molar-refractivity contribution in [1.82, 2.24) is 0 Å². The van der Waals surface area contributed by atoms with Crippen LogP contribution in [-0.4, -0.2) is 11.2 Å². The second-order valence-electron chi connectivity index (χ2n) is 12.2. The average molecular weight is 387 g/mol. The fourth-order valence-electron chi connectivity index (χ4n) is 8.67. The SMILES string of the molecule is CC(C)CCC[C@@H](C)[C@H]1CC[C@@H]2[C@@H]3CC=C4C[C@@H](O)CC[C@]4(C)[C@@H]3CC[C@@]21C. The van der Waals surface area contributed by atoms with Crippen molar-refractivity contribution in [2.75, 3.05) is 0 Å². The van der Waals surface area contributed by atoms with Crippen LogP contribution in [0.25, 0.3) is 0 Å². The molecule has 0 spiro atoms. The molecule has 1 heteroatoms. The monoisotopic (exact) mass is 386 g/mol. The first-order valence-electron chi connectivity index (χ1n) is 12.6. The van der Waals surface area contributed by atoms with Crippen LogP contribution in [0.15, 0.2) is 11.6 Å². The van der Waals surface area contributed by atoms with Gasteiger partial charge in [0.05, 0.1) is 6.10 Å². The minimum absolute atomic E-state index is 0.0766. The molecule has 8 atom stereocenters. The minimum Gasteiger partial charge on any atom is -0.393 e. The van der Waals surface area contributed by atoms with E-state index >= 15 is 0 Å². The normalized spacial score (nSPS) is 46.5. The number of rotatable bonds is 5. The first-order chi connectivity index (χ1) is 13.3. The number of allylic oxidation sites excluding steroid dienone is 1. The highest BCUT2D eigenvalue weighted by molar-refractivity contribution is 5.25. The lowest BCUT2D eigenvalue weighted by Crippen LogP contribution is -2.50. The second kappa shape index (κ2) is 7.75. The Balaban J connectivity index is 1.49. The maximum absolute atomic E-state index is 10.2. The van der Waals surface area contributed by atoms with Crippen molar-refractivity contribution in [2.24, 2.45) is 46.3 Å². The number of hydrogen-bond acceptors (Lipinski definition) is 1. The number of aliphatic hydroxyl groups excluding tert-OH is 1. The van der Waals surface area contributed by atoms with Gasteiger partial charge >= 0.3 is 0 Å². The topological polar surface area (TPSA) is 20.2 Å². The molecule has 1 N–H and O–H groups in total. The molecule has 0 amide bonds. The molecule has 0 saturated heterocycles. The van der Waals surface area contributed by atoms with Gasteiger partial charge in [-0.05, 0) is 97.7 Å². The van der Waals surface area contributed by atoms with Gasteiger partial charge in [-0.2, -0.15) is 0 Å². The maximum Gasteiger partial charge on any atom is 0.0577 e. The van der Waals surface area contributed by atoms with Crippen LogP contribution < -0.4 is 0 Å². The molecular weight excluding hydrogens is 340 g/mol. The van der Waals surface area contributed by atoms with Crippen LogP contribution in [0.5, 0.6) is 0 Å². The summed E-state index contributed by atoms with van der Waals surface area (Å²) in [7, 11) is 0. The highest BCUT2D eigenvalue weighted by atomic mass is 16.3. The molecule has 0 bridgehead atoms. The van der Waals surface area contributed by atoms with Crippen LogP contribution in [0.2, 0.25) is 0 Å². The van der Waals surface area contributed by atoms with Crippen LogP contribution in [0.1, 0.15) is 105 Å². The van der Waals surface area contributed by atoms with Gasteiger partial charge in [0.25, 0.3) is 0 Å². The highest BCUT2D eigenvalue weighted by Crippen LogP contribution is 2.67. The first kappa shape index (κ1) is 21.0. The van der Waals surface area contributed by atoms with Crippen molar-refractivity contribution in [3.63, 3.8) is 0 Å². The zero-order valence-corrected chi connectivity index (χ0v) is 19.3. The van der Waals surface area contributed by atoms with E-state index in [4.69, 9.17) is 0 Å². The van der Waals surface area contributed by atoms with E-state index in [-0.39, 0.29) is 6.10 Å². The molecule has 0 unspecified atom stereocenters. The van der Waals surface area contributed by atoms with E-state index in [1.54, 1.807) is 5.57 Å². The summed E-state index contributed by atoms with van der Waals surface area (Å²) in [6.07, 6.45) is 17.2. The van der Waals surface area contributed by atoms with Crippen molar-refractivity contribution >= 4 is 0 Å². The molecule has 3 fully saturated rings. The van der Waals surface area contributed by atoms with Crippen LogP contribution in [0.3, 0.4) is 0 Å². The summed E-state index contributed by atoms with van der Waals surface area (Å²) >= 11 is 0. The zero-order chi connectivity index (χ0) is 20.1. The van der Waals surface area contributed by atoms with E-state index in [1.807, 2.05) is 0 Å². The molecular formula is C27H46O. The van der Waals surface area contributed by atoms with Gasteiger partial charge in [-0.3, -0.25) is 0 Å². The summed E-state index contributed by atoms with van der Waals surface area (Å²) < 4.78 is 0. The summed E-state index contributed by atoms with van der Waals surface area (Å²) in [4.78, 5) is 0. The molecule has 0 aliphatic heterocycles. The van der Waals surface area contributed by atoms with Crippen molar-refractivity contribution in [2.45, 2.75) is 111 Å². The van der Waals surface area contributed by atoms with E-state index in [9.17, 15) is 5.11 Å². The number of aliphatic hydroxyl groups is 1. The molecule has 1 nitrogen and oxygen atoms in total. The van der Waals surface area contributed by atoms with Crippen molar-refractivity contribution < 1.29 is 5.11 Å². The lowest BCUT2D eigenvalue weighted by atomic mass is 9.47. The predicted octanol–water partition coefficient (Wildman–Crippen LogP) is 7.39.